The lowest BCUT2D eigenvalue weighted by Crippen LogP contribution is -2.40. The van der Waals surface area contributed by atoms with Crippen LogP contribution >= 0.6 is 15.9 Å². The first kappa shape index (κ1) is 14.2. The number of aromatic nitrogens is 1. The van der Waals surface area contributed by atoms with Gasteiger partial charge in [-0.25, -0.2) is 0 Å². The van der Waals surface area contributed by atoms with Crippen molar-refractivity contribution in [1.29, 1.82) is 0 Å². The number of hydrogen-bond donors (Lipinski definition) is 0. The van der Waals surface area contributed by atoms with Gasteiger partial charge >= 0.3 is 0 Å². The van der Waals surface area contributed by atoms with E-state index in [-0.39, 0.29) is 5.91 Å². The van der Waals surface area contributed by atoms with E-state index in [1.807, 2.05) is 35.2 Å². The van der Waals surface area contributed by atoms with Crippen molar-refractivity contribution in [2.24, 2.45) is 0 Å². The minimum absolute atomic E-state index is 0.0136. The largest absolute Gasteiger partial charge is 0.378 e. The Morgan fingerprint density at radius 1 is 1.19 bits per heavy atom. The molecule has 1 aliphatic rings. The van der Waals surface area contributed by atoms with Crippen molar-refractivity contribution in [1.82, 2.24) is 9.88 Å². The summed E-state index contributed by atoms with van der Waals surface area (Å²) in [4.78, 5) is 18.5. The van der Waals surface area contributed by atoms with Gasteiger partial charge in [-0.3, -0.25) is 9.78 Å². The zero-order valence-corrected chi connectivity index (χ0v) is 13.0. The molecule has 21 heavy (non-hydrogen) atoms. The summed E-state index contributed by atoms with van der Waals surface area (Å²) < 4.78 is 6.27. The third kappa shape index (κ3) is 3.14. The van der Waals surface area contributed by atoms with Gasteiger partial charge in [-0.1, -0.05) is 34.1 Å². The average Bonchev–Trinajstić information content (AvgIpc) is 2.55. The third-order valence-corrected chi connectivity index (χ3v) is 4.16. The number of rotatable bonds is 2. The van der Waals surface area contributed by atoms with Crippen LogP contribution in [0.4, 0.5) is 0 Å². The molecular weight excluding hydrogens is 332 g/mol. The third-order valence-electron chi connectivity index (χ3n) is 3.47. The van der Waals surface area contributed by atoms with E-state index in [0.717, 1.165) is 15.6 Å². The molecule has 0 N–H and O–H groups in total. The van der Waals surface area contributed by atoms with Crippen LogP contribution in [0.15, 0.2) is 47.2 Å². The molecule has 5 heteroatoms. The number of ether oxygens (including phenoxy) is 1. The Hall–Kier alpha value is -1.72. The molecule has 1 fully saturated rings. The minimum atomic E-state index is 0.0136. The van der Waals surface area contributed by atoms with Crippen LogP contribution in [-0.2, 0) is 4.74 Å². The predicted octanol–water partition coefficient (Wildman–Crippen LogP) is 2.98. The highest BCUT2D eigenvalue weighted by Crippen LogP contribution is 2.28. The van der Waals surface area contributed by atoms with Crippen molar-refractivity contribution < 1.29 is 9.53 Å². The van der Waals surface area contributed by atoms with Crippen LogP contribution in [0.25, 0.3) is 11.1 Å². The molecular formula is C16H15BrN2O2. The first-order chi connectivity index (χ1) is 10.3. The van der Waals surface area contributed by atoms with E-state index in [2.05, 4.69) is 20.9 Å². The van der Waals surface area contributed by atoms with Gasteiger partial charge in [-0.15, -0.1) is 0 Å². The van der Waals surface area contributed by atoms with Crippen LogP contribution < -0.4 is 0 Å². The fourth-order valence-electron chi connectivity index (χ4n) is 2.35. The highest BCUT2D eigenvalue weighted by Gasteiger charge is 2.19. The topological polar surface area (TPSA) is 42.4 Å². The standard InChI is InChI=1S/C16H15BrN2O2/c17-15-4-2-1-3-14(15)12-9-13(11-18-10-12)16(20)19-5-7-21-8-6-19/h1-4,9-11H,5-8H2. The number of nitrogens with zero attached hydrogens (tertiary/aromatic N) is 2. The molecule has 0 unspecified atom stereocenters. The van der Waals surface area contributed by atoms with Crippen LogP contribution in [0.1, 0.15) is 10.4 Å². The number of halogens is 1. The number of hydrogen-bond acceptors (Lipinski definition) is 3. The minimum Gasteiger partial charge on any atom is -0.378 e. The lowest BCUT2D eigenvalue weighted by atomic mass is 10.1. The van der Waals surface area contributed by atoms with Crippen molar-refractivity contribution in [2.75, 3.05) is 26.3 Å². The van der Waals surface area contributed by atoms with Crippen LogP contribution in [0.3, 0.4) is 0 Å². The molecule has 0 spiro atoms. The second-order valence-corrected chi connectivity index (χ2v) is 5.70. The highest BCUT2D eigenvalue weighted by molar-refractivity contribution is 9.10. The molecule has 2 aromatic rings. The zero-order chi connectivity index (χ0) is 14.7. The molecule has 0 radical (unpaired) electrons. The number of carbonyl (C=O) groups excluding carboxylic acids is 1. The number of pyridine rings is 1. The summed E-state index contributed by atoms with van der Waals surface area (Å²) in [7, 11) is 0. The van der Waals surface area contributed by atoms with Crippen LogP contribution in [-0.4, -0.2) is 42.1 Å². The average molecular weight is 347 g/mol. The van der Waals surface area contributed by atoms with E-state index in [4.69, 9.17) is 4.74 Å². The summed E-state index contributed by atoms with van der Waals surface area (Å²) in [6.45, 7) is 2.47. The van der Waals surface area contributed by atoms with Gasteiger partial charge in [0.1, 0.15) is 0 Å². The van der Waals surface area contributed by atoms with E-state index in [1.165, 1.54) is 0 Å². The van der Waals surface area contributed by atoms with Crippen LogP contribution in [0.5, 0.6) is 0 Å². The quantitative estimate of drug-likeness (QED) is 0.839. The second kappa shape index (κ2) is 6.37. The molecule has 2 heterocycles. The zero-order valence-electron chi connectivity index (χ0n) is 11.5. The number of benzene rings is 1. The molecule has 1 aliphatic heterocycles. The molecule has 0 bridgehead atoms. The monoisotopic (exact) mass is 346 g/mol. The van der Waals surface area contributed by atoms with Gasteiger partial charge in [0.05, 0.1) is 18.8 Å². The van der Waals surface area contributed by atoms with Crippen molar-refractivity contribution >= 4 is 21.8 Å². The SMILES string of the molecule is O=C(c1cncc(-c2ccccc2Br)c1)N1CCOCC1. The fourth-order valence-corrected chi connectivity index (χ4v) is 2.86. The summed E-state index contributed by atoms with van der Waals surface area (Å²) in [5.74, 6) is 0.0136. The Morgan fingerprint density at radius 3 is 2.71 bits per heavy atom. The van der Waals surface area contributed by atoms with Gasteiger partial charge in [0.25, 0.3) is 5.91 Å². The summed E-state index contributed by atoms with van der Waals surface area (Å²) in [5, 5.41) is 0. The van der Waals surface area contributed by atoms with Gasteiger partial charge in [0, 0.05) is 35.5 Å². The molecule has 4 nitrogen and oxygen atoms in total. The van der Waals surface area contributed by atoms with Crippen molar-refractivity contribution in [3.05, 3.63) is 52.8 Å². The summed E-state index contributed by atoms with van der Waals surface area (Å²) in [6.07, 6.45) is 3.40. The number of morpholine rings is 1. The van der Waals surface area contributed by atoms with Crippen molar-refractivity contribution in [3.8, 4) is 11.1 Å². The van der Waals surface area contributed by atoms with E-state index < -0.39 is 0 Å². The molecule has 1 saturated heterocycles. The fraction of sp³-hybridized carbons (Fsp3) is 0.250. The van der Waals surface area contributed by atoms with E-state index >= 15 is 0 Å². The number of amides is 1. The Balaban J connectivity index is 1.89. The lowest BCUT2D eigenvalue weighted by Gasteiger charge is -2.26. The molecule has 1 amide bonds. The summed E-state index contributed by atoms with van der Waals surface area (Å²) in [6, 6.07) is 9.81. The van der Waals surface area contributed by atoms with Crippen molar-refractivity contribution in [2.45, 2.75) is 0 Å². The Morgan fingerprint density at radius 2 is 1.95 bits per heavy atom. The Kier molecular flexibility index (Phi) is 4.31. The van der Waals surface area contributed by atoms with E-state index in [9.17, 15) is 4.79 Å². The van der Waals surface area contributed by atoms with Crippen LogP contribution in [0, 0.1) is 0 Å². The first-order valence-corrected chi connectivity index (χ1v) is 7.62. The molecule has 3 rings (SSSR count). The predicted molar refractivity (Wildman–Crippen MR) is 84.1 cm³/mol. The molecule has 1 aromatic carbocycles. The van der Waals surface area contributed by atoms with Gasteiger partial charge in [-0.2, -0.15) is 0 Å². The normalized spacial score (nSPS) is 15.0. The summed E-state index contributed by atoms with van der Waals surface area (Å²) >= 11 is 3.53. The molecule has 0 atom stereocenters. The Bertz CT molecular complexity index is 654. The molecule has 0 aliphatic carbocycles. The maximum Gasteiger partial charge on any atom is 0.255 e. The van der Waals surface area contributed by atoms with E-state index in [0.29, 0.717) is 31.9 Å². The Labute approximate surface area is 131 Å². The maximum absolute atomic E-state index is 12.5. The summed E-state index contributed by atoms with van der Waals surface area (Å²) in [5.41, 5.74) is 2.58. The molecule has 108 valence electrons. The van der Waals surface area contributed by atoms with E-state index in [1.54, 1.807) is 12.4 Å². The first-order valence-electron chi connectivity index (χ1n) is 6.82. The molecule has 0 saturated carbocycles. The van der Waals surface area contributed by atoms with Gasteiger partial charge < -0.3 is 9.64 Å². The van der Waals surface area contributed by atoms with Gasteiger partial charge in [0.2, 0.25) is 0 Å². The smallest absolute Gasteiger partial charge is 0.255 e. The lowest BCUT2D eigenvalue weighted by molar-refractivity contribution is 0.0302. The van der Waals surface area contributed by atoms with Gasteiger partial charge in [-0.05, 0) is 17.7 Å². The highest BCUT2D eigenvalue weighted by atomic mass is 79.9. The number of carbonyl (C=O) groups is 1. The van der Waals surface area contributed by atoms with Crippen LogP contribution in [0.2, 0.25) is 0 Å². The van der Waals surface area contributed by atoms with Crippen molar-refractivity contribution in [3.63, 3.8) is 0 Å². The second-order valence-electron chi connectivity index (χ2n) is 4.85. The van der Waals surface area contributed by atoms with Gasteiger partial charge in [0.15, 0.2) is 0 Å². The maximum atomic E-state index is 12.5. The molecule has 1 aromatic heterocycles.